The molecule has 1 amide bonds. The zero-order chi connectivity index (χ0) is 18.3. The van der Waals surface area contributed by atoms with Gasteiger partial charge in [0.15, 0.2) is 0 Å². The van der Waals surface area contributed by atoms with Crippen LogP contribution in [0, 0.1) is 0 Å². The van der Waals surface area contributed by atoms with Gasteiger partial charge in [-0.2, -0.15) is 0 Å². The normalized spacial score (nSPS) is 11.1. The Labute approximate surface area is 153 Å². The van der Waals surface area contributed by atoms with Gasteiger partial charge in [0, 0.05) is 12.1 Å². The van der Waals surface area contributed by atoms with Crippen molar-refractivity contribution in [3.05, 3.63) is 59.1 Å². The first-order valence-electron chi connectivity index (χ1n) is 8.09. The van der Waals surface area contributed by atoms with Crippen LogP contribution < -0.4 is 10.0 Å². The van der Waals surface area contributed by atoms with E-state index in [0.29, 0.717) is 12.1 Å². The van der Waals surface area contributed by atoms with Crippen LogP contribution in [0.2, 0.25) is 5.02 Å². The molecular weight excluding hydrogens is 360 g/mol. The first-order valence-corrected chi connectivity index (χ1v) is 9.96. The van der Waals surface area contributed by atoms with Crippen molar-refractivity contribution in [2.45, 2.75) is 31.1 Å². The van der Waals surface area contributed by atoms with Gasteiger partial charge in [0.2, 0.25) is 0 Å². The monoisotopic (exact) mass is 380 g/mol. The van der Waals surface area contributed by atoms with Crippen LogP contribution in [0.1, 0.15) is 36.5 Å². The van der Waals surface area contributed by atoms with Crippen LogP contribution in [0.3, 0.4) is 0 Å². The molecule has 0 fully saturated rings. The van der Waals surface area contributed by atoms with Crippen molar-refractivity contribution in [3.8, 4) is 0 Å². The van der Waals surface area contributed by atoms with Gasteiger partial charge in [-0.3, -0.25) is 9.52 Å². The number of unbranched alkanes of at least 4 members (excludes halogenated alkanes) is 2. The minimum atomic E-state index is -3.72. The summed E-state index contributed by atoms with van der Waals surface area (Å²) >= 11 is 6.14. The molecule has 7 heteroatoms. The average molecular weight is 381 g/mol. The fraction of sp³-hybridized carbons (Fsp3) is 0.278. The molecule has 0 atom stereocenters. The molecule has 134 valence electrons. The Hall–Kier alpha value is -2.05. The third-order valence-electron chi connectivity index (χ3n) is 3.59. The van der Waals surface area contributed by atoms with Crippen molar-refractivity contribution in [1.29, 1.82) is 0 Å². The second-order valence-corrected chi connectivity index (χ2v) is 7.67. The summed E-state index contributed by atoms with van der Waals surface area (Å²) < 4.78 is 27.1. The number of sulfonamides is 1. The van der Waals surface area contributed by atoms with E-state index in [9.17, 15) is 13.2 Å². The lowest BCUT2D eigenvalue weighted by atomic mass is 10.2. The van der Waals surface area contributed by atoms with Gasteiger partial charge in [-0.1, -0.05) is 49.6 Å². The molecule has 2 rings (SSSR count). The smallest absolute Gasteiger partial charge is 0.261 e. The summed E-state index contributed by atoms with van der Waals surface area (Å²) in [5, 5.41) is 2.99. The van der Waals surface area contributed by atoms with Crippen molar-refractivity contribution in [2.24, 2.45) is 0 Å². The molecule has 2 aromatic carbocycles. The highest BCUT2D eigenvalue weighted by molar-refractivity contribution is 7.92. The van der Waals surface area contributed by atoms with Crippen LogP contribution in [0.25, 0.3) is 0 Å². The molecule has 0 aliphatic carbocycles. The summed E-state index contributed by atoms with van der Waals surface area (Å²) in [4.78, 5) is 12.2. The maximum absolute atomic E-state index is 12.3. The van der Waals surface area contributed by atoms with Crippen LogP contribution in [-0.4, -0.2) is 20.9 Å². The summed E-state index contributed by atoms with van der Waals surface area (Å²) in [6.07, 6.45) is 3.06. The summed E-state index contributed by atoms with van der Waals surface area (Å²) in [7, 11) is -3.72. The van der Waals surface area contributed by atoms with E-state index in [2.05, 4.69) is 17.0 Å². The molecule has 0 unspecified atom stereocenters. The van der Waals surface area contributed by atoms with Crippen molar-refractivity contribution < 1.29 is 13.2 Å². The number of anilines is 1. The maximum atomic E-state index is 12.3. The standard InChI is InChI=1S/C18H21ClN2O3S/c1-2-3-7-12-20-18(22)14-10-11-17(16(19)13-14)21-25(23,24)15-8-5-4-6-9-15/h4-6,8-11,13,21H,2-3,7,12H2,1H3,(H,20,22). The molecule has 25 heavy (non-hydrogen) atoms. The fourth-order valence-corrected chi connectivity index (χ4v) is 3.61. The van der Waals surface area contributed by atoms with E-state index >= 15 is 0 Å². The molecule has 0 aliphatic heterocycles. The Balaban J connectivity index is 2.08. The summed E-state index contributed by atoms with van der Waals surface area (Å²) in [5.41, 5.74) is 0.622. The molecule has 5 nitrogen and oxygen atoms in total. The zero-order valence-corrected chi connectivity index (χ0v) is 15.5. The van der Waals surface area contributed by atoms with Crippen molar-refractivity contribution >= 4 is 33.2 Å². The van der Waals surface area contributed by atoms with Crippen LogP contribution >= 0.6 is 11.6 Å². The molecule has 0 saturated heterocycles. The topological polar surface area (TPSA) is 75.3 Å². The van der Waals surface area contributed by atoms with E-state index in [1.54, 1.807) is 24.3 Å². The zero-order valence-electron chi connectivity index (χ0n) is 14.0. The van der Waals surface area contributed by atoms with Gasteiger partial charge in [0.05, 0.1) is 15.6 Å². The number of benzene rings is 2. The summed E-state index contributed by atoms with van der Waals surface area (Å²) in [5.74, 6) is -0.226. The predicted molar refractivity (Wildman–Crippen MR) is 101 cm³/mol. The summed E-state index contributed by atoms with van der Waals surface area (Å²) in [6, 6.07) is 12.5. The Kier molecular flexibility index (Phi) is 6.84. The highest BCUT2D eigenvalue weighted by Crippen LogP contribution is 2.25. The predicted octanol–water partition coefficient (Wildman–Crippen LogP) is 4.06. The number of carbonyl (C=O) groups is 1. The number of halogens is 1. The lowest BCUT2D eigenvalue weighted by Gasteiger charge is -2.11. The number of hydrogen-bond donors (Lipinski definition) is 2. The summed E-state index contributed by atoms with van der Waals surface area (Å²) in [6.45, 7) is 2.70. The van der Waals surface area contributed by atoms with Crippen LogP contribution in [-0.2, 0) is 10.0 Å². The molecule has 2 aromatic rings. The molecule has 0 saturated carbocycles. The van der Waals surface area contributed by atoms with Gasteiger partial charge in [-0.05, 0) is 36.8 Å². The van der Waals surface area contributed by atoms with Gasteiger partial charge in [0.25, 0.3) is 15.9 Å². The highest BCUT2D eigenvalue weighted by atomic mass is 35.5. The van der Waals surface area contributed by atoms with Gasteiger partial charge in [-0.15, -0.1) is 0 Å². The van der Waals surface area contributed by atoms with Gasteiger partial charge < -0.3 is 5.32 Å². The number of nitrogens with one attached hydrogen (secondary N) is 2. The third-order valence-corrected chi connectivity index (χ3v) is 5.29. The Morgan fingerprint density at radius 3 is 2.44 bits per heavy atom. The van der Waals surface area contributed by atoms with Crippen molar-refractivity contribution in [2.75, 3.05) is 11.3 Å². The molecule has 0 spiro atoms. The lowest BCUT2D eigenvalue weighted by molar-refractivity contribution is 0.0953. The van der Waals surface area contributed by atoms with E-state index in [-0.39, 0.29) is 21.5 Å². The minimum absolute atomic E-state index is 0.142. The van der Waals surface area contributed by atoms with E-state index in [0.717, 1.165) is 19.3 Å². The maximum Gasteiger partial charge on any atom is 0.261 e. The molecule has 0 radical (unpaired) electrons. The van der Waals surface area contributed by atoms with Crippen LogP contribution in [0.4, 0.5) is 5.69 Å². The SMILES string of the molecule is CCCCCNC(=O)c1ccc(NS(=O)(=O)c2ccccc2)c(Cl)c1. The third kappa shape index (κ3) is 5.47. The fourth-order valence-electron chi connectivity index (χ4n) is 2.22. The van der Waals surface area contributed by atoms with E-state index in [1.165, 1.54) is 24.3 Å². The van der Waals surface area contributed by atoms with Crippen molar-refractivity contribution in [1.82, 2.24) is 5.32 Å². The molecule has 0 aromatic heterocycles. The molecule has 0 aliphatic rings. The second kappa shape index (κ2) is 8.87. The van der Waals surface area contributed by atoms with Gasteiger partial charge >= 0.3 is 0 Å². The first kappa shape index (κ1) is 19.3. The largest absolute Gasteiger partial charge is 0.352 e. The second-order valence-electron chi connectivity index (χ2n) is 5.58. The molecular formula is C18H21ClN2O3S. The number of amides is 1. The van der Waals surface area contributed by atoms with E-state index in [1.807, 2.05) is 0 Å². The number of rotatable bonds is 8. The Morgan fingerprint density at radius 1 is 1.08 bits per heavy atom. The number of hydrogen-bond acceptors (Lipinski definition) is 3. The van der Waals surface area contributed by atoms with Gasteiger partial charge in [0.1, 0.15) is 0 Å². The van der Waals surface area contributed by atoms with Crippen molar-refractivity contribution in [3.63, 3.8) is 0 Å². The molecule has 0 bridgehead atoms. The highest BCUT2D eigenvalue weighted by Gasteiger charge is 2.16. The van der Waals surface area contributed by atoms with E-state index in [4.69, 9.17) is 11.6 Å². The number of carbonyl (C=O) groups excluding carboxylic acids is 1. The minimum Gasteiger partial charge on any atom is -0.352 e. The molecule has 0 heterocycles. The van der Waals surface area contributed by atoms with Crippen LogP contribution in [0.5, 0.6) is 0 Å². The Morgan fingerprint density at radius 2 is 1.80 bits per heavy atom. The quantitative estimate of drug-likeness (QED) is 0.678. The van der Waals surface area contributed by atoms with Gasteiger partial charge in [-0.25, -0.2) is 8.42 Å². The molecule has 2 N–H and O–H groups in total. The van der Waals surface area contributed by atoms with E-state index < -0.39 is 10.0 Å². The first-order chi connectivity index (χ1) is 11.9. The Bertz CT molecular complexity index is 823. The van der Waals surface area contributed by atoms with Crippen LogP contribution in [0.15, 0.2) is 53.4 Å². The lowest BCUT2D eigenvalue weighted by Crippen LogP contribution is -2.24. The average Bonchev–Trinajstić information content (AvgIpc) is 2.61.